The lowest BCUT2D eigenvalue weighted by molar-refractivity contribution is 0.302. The Bertz CT molecular complexity index is 752. The predicted molar refractivity (Wildman–Crippen MR) is 133 cm³/mol. The maximum Gasteiger partial charge on any atom is 0.162 e. The van der Waals surface area contributed by atoms with Crippen molar-refractivity contribution in [2.45, 2.75) is 116 Å². The van der Waals surface area contributed by atoms with E-state index in [1.165, 1.54) is 51.4 Å². The fraction of sp³-hybridized carbons (Fsp3) is 0.667. The zero-order valence-electron chi connectivity index (χ0n) is 20.5. The maximum absolute atomic E-state index is 14.8. The van der Waals surface area contributed by atoms with Crippen LogP contribution >= 0.6 is 0 Å². The van der Waals surface area contributed by atoms with E-state index in [9.17, 15) is 8.78 Å². The molecule has 0 spiro atoms. The van der Waals surface area contributed by atoms with Gasteiger partial charge in [0.1, 0.15) is 0 Å². The molecule has 1 unspecified atom stereocenters. The molecule has 1 fully saturated rings. The first kappa shape index (κ1) is 25.2. The molecule has 0 aromatic heterocycles. The van der Waals surface area contributed by atoms with Crippen molar-refractivity contribution in [3.8, 4) is 0 Å². The molecule has 2 aliphatic carbocycles. The van der Waals surface area contributed by atoms with E-state index < -0.39 is 11.6 Å². The third-order valence-corrected chi connectivity index (χ3v) is 7.81. The van der Waals surface area contributed by atoms with Crippen molar-refractivity contribution >= 4 is 0 Å². The van der Waals surface area contributed by atoms with Gasteiger partial charge in [-0.25, -0.2) is 8.78 Å². The molecule has 0 aliphatic heterocycles. The summed E-state index contributed by atoms with van der Waals surface area (Å²) in [6.07, 6.45) is 23.9. The van der Waals surface area contributed by atoms with Crippen molar-refractivity contribution in [1.29, 1.82) is 0 Å². The predicted octanol–water partition coefficient (Wildman–Crippen LogP) is 9.83. The van der Waals surface area contributed by atoms with E-state index in [0.29, 0.717) is 23.5 Å². The van der Waals surface area contributed by atoms with Gasteiger partial charge in [-0.2, -0.15) is 0 Å². The molecule has 0 bridgehead atoms. The van der Waals surface area contributed by atoms with Crippen molar-refractivity contribution in [3.05, 3.63) is 58.7 Å². The average Bonchev–Trinajstić information content (AvgIpc) is 2.81. The normalized spacial score (nSPS) is 24.1. The molecule has 2 heteroatoms. The van der Waals surface area contributed by atoms with Crippen molar-refractivity contribution in [3.63, 3.8) is 0 Å². The fourth-order valence-corrected chi connectivity index (χ4v) is 5.72. The van der Waals surface area contributed by atoms with E-state index in [2.05, 4.69) is 32.1 Å². The van der Waals surface area contributed by atoms with Crippen molar-refractivity contribution in [1.82, 2.24) is 0 Å². The molecule has 0 amide bonds. The molecule has 178 valence electrons. The van der Waals surface area contributed by atoms with Crippen molar-refractivity contribution in [2.24, 2.45) is 11.8 Å². The Morgan fingerprint density at radius 3 is 2.41 bits per heavy atom. The Kier molecular flexibility index (Phi) is 10.5. The Hall–Kier alpha value is -1.44. The van der Waals surface area contributed by atoms with Crippen LogP contribution in [0.4, 0.5) is 8.78 Å². The van der Waals surface area contributed by atoms with Crippen LogP contribution < -0.4 is 0 Å². The summed E-state index contributed by atoms with van der Waals surface area (Å²) in [4.78, 5) is 0. The summed E-state index contributed by atoms with van der Waals surface area (Å²) in [7, 11) is 0. The number of halogens is 2. The summed E-state index contributed by atoms with van der Waals surface area (Å²) in [5.41, 5.74) is 2.78. The van der Waals surface area contributed by atoms with Gasteiger partial charge in [0, 0.05) is 0 Å². The summed E-state index contributed by atoms with van der Waals surface area (Å²) in [5.74, 6) is 0.388. The second kappa shape index (κ2) is 13.3. The van der Waals surface area contributed by atoms with Crippen LogP contribution in [0.2, 0.25) is 0 Å². The van der Waals surface area contributed by atoms with Gasteiger partial charge in [-0.05, 0) is 99.5 Å². The number of aryl methyl sites for hydroxylation is 1. The Morgan fingerprint density at radius 2 is 1.72 bits per heavy atom. The minimum absolute atomic E-state index is 0.192. The van der Waals surface area contributed by atoms with Crippen molar-refractivity contribution < 1.29 is 8.78 Å². The monoisotopic (exact) mass is 442 g/mol. The zero-order chi connectivity index (χ0) is 22.8. The van der Waals surface area contributed by atoms with Crippen LogP contribution in [0, 0.1) is 23.5 Å². The smallest absolute Gasteiger partial charge is 0.162 e. The first-order valence-electron chi connectivity index (χ1n) is 13.4. The molecular weight excluding hydrogens is 398 g/mol. The van der Waals surface area contributed by atoms with E-state index in [1.807, 2.05) is 12.1 Å². The van der Waals surface area contributed by atoms with Crippen molar-refractivity contribution in [2.75, 3.05) is 0 Å². The first-order chi connectivity index (χ1) is 15.6. The first-order valence-corrected chi connectivity index (χ1v) is 13.4. The van der Waals surface area contributed by atoms with Crippen LogP contribution in [0.3, 0.4) is 0 Å². The third kappa shape index (κ3) is 7.29. The van der Waals surface area contributed by atoms with E-state index >= 15 is 0 Å². The SMILES string of the molecule is CCCCCC1=CCC(/C=C/CCc2ccc(C3CCC(CCC)CC3)c(F)c2F)CC1. The molecule has 1 aromatic carbocycles. The van der Waals surface area contributed by atoms with Gasteiger partial charge in [-0.1, -0.05) is 75.5 Å². The molecule has 0 heterocycles. The van der Waals surface area contributed by atoms with Crippen LogP contribution in [0.5, 0.6) is 0 Å². The topological polar surface area (TPSA) is 0 Å². The fourth-order valence-electron chi connectivity index (χ4n) is 5.72. The molecule has 32 heavy (non-hydrogen) atoms. The second-order valence-corrected chi connectivity index (χ2v) is 10.3. The summed E-state index contributed by atoms with van der Waals surface area (Å²) in [6.45, 7) is 4.48. The van der Waals surface area contributed by atoms with Crippen LogP contribution in [-0.4, -0.2) is 0 Å². The van der Waals surface area contributed by atoms with Gasteiger partial charge in [0.15, 0.2) is 11.6 Å². The van der Waals surface area contributed by atoms with Crippen LogP contribution in [0.25, 0.3) is 0 Å². The molecule has 1 aromatic rings. The molecule has 0 nitrogen and oxygen atoms in total. The number of rotatable bonds is 11. The summed E-state index contributed by atoms with van der Waals surface area (Å²) in [6, 6.07) is 3.71. The van der Waals surface area contributed by atoms with Crippen LogP contribution in [0.1, 0.15) is 121 Å². The summed E-state index contributed by atoms with van der Waals surface area (Å²) in [5, 5.41) is 0. The lowest BCUT2D eigenvalue weighted by Crippen LogP contribution is -2.15. The minimum atomic E-state index is -0.607. The molecule has 0 radical (unpaired) electrons. The highest BCUT2D eigenvalue weighted by atomic mass is 19.2. The zero-order valence-corrected chi connectivity index (χ0v) is 20.5. The minimum Gasteiger partial charge on any atom is -0.203 e. The highest BCUT2D eigenvalue weighted by Crippen LogP contribution is 2.39. The van der Waals surface area contributed by atoms with Crippen LogP contribution in [0.15, 0.2) is 35.9 Å². The molecule has 3 rings (SSSR count). The molecule has 0 saturated heterocycles. The maximum atomic E-state index is 14.8. The molecule has 0 N–H and O–H groups in total. The van der Waals surface area contributed by atoms with Gasteiger partial charge in [0.05, 0.1) is 0 Å². The van der Waals surface area contributed by atoms with Crippen LogP contribution in [-0.2, 0) is 6.42 Å². The van der Waals surface area contributed by atoms with Gasteiger partial charge in [-0.3, -0.25) is 0 Å². The van der Waals surface area contributed by atoms with Gasteiger partial charge < -0.3 is 0 Å². The number of hydrogen-bond donors (Lipinski definition) is 0. The molecule has 2 aliphatic rings. The second-order valence-electron chi connectivity index (χ2n) is 10.3. The van der Waals surface area contributed by atoms with Gasteiger partial charge in [0.2, 0.25) is 0 Å². The van der Waals surface area contributed by atoms with Gasteiger partial charge >= 0.3 is 0 Å². The Balaban J connectivity index is 1.45. The highest BCUT2D eigenvalue weighted by molar-refractivity contribution is 5.29. The lowest BCUT2D eigenvalue weighted by atomic mass is 9.77. The quantitative estimate of drug-likeness (QED) is 0.236. The van der Waals surface area contributed by atoms with Gasteiger partial charge in [0.25, 0.3) is 0 Å². The summed E-state index contributed by atoms with van der Waals surface area (Å²) >= 11 is 0. The summed E-state index contributed by atoms with van der Waals surface area (Å²) < 4.78 is 29.6. The third-order valence-electron chi connectivity index (χ3n) is 7.81. The number of hydrogen-bond acceptors (Lipinski definition) is 0. The number of benzene rings is 1. The number of unbranched alkanes of at least 4 members (excludes halogenated alkanes) is 2. The highest BCUT2D eigenvalue weighted by Gasteiger charge is 2.25. The molecule has 1 atom stereocenters. The van der Waals surface area contributed by atoms with E-state index in [1.54, 1.807) is 5.57 Å². The largest absolute Gasteiger partial charge is 0.203 e. The standard InChI is InChI=1S/C30H44F2/c1-3-5-6-10-24-13-15-25(16-14-24)11-7-8-12-27-21-22-28(30(32)29(27)31)26-19-17-23(9-4-2)18-20-26/h7,11,13,21-23,25-26H,3-6,8-10,12,14-20H2,1-2H3/b11-7+. The average molecular weight is 443 g/mol. The number of allylic oxidation sites excluding steroid dienone is 4. The van der Waals surface area contributed by atoms with E-state index in [4.69, 9.17) is 0 Å². The molecule has 1 saturated carbocycles. The van der Waals surface area contributed by atoms with E-state index in [0.717, 1.165) is 44.4 Å². The van der Waals surface area contributed by atoms with Gasteiger partial charge in [-0.15, -0.1) is 0 Å². The Morgan fingerprint density at radius 1 is 0.906 bits per heavy atom. The molecular formula is C30H44F2. The van der Waals surface area contributed by atoms with E-state index in [-0.39, 0.29) is 5.92 Å². The Labute approximate surface area is 195 Å². The lowest BCUT2D eigenvalue weighted by Gasteiger charge is -2.29.